The molecule has 0 spiro atoms. The van der Waals surface area contributed by atoms with Gasteiger partial charge in [-0.25, -0.2) is 9.97 Å². The van der Waals surface area contributed by atoms with Gasteiger partial charge in [-0.05, 0) is 35.7 Å². The molecule has 4 nitrogen and oxygen atoms in total. The molecule has 0 fully saturated rings. The fourth-order valence-electron chi connectivity index (χ4n) is 2.93. The number of fused-ring (bicyclic) bond motifs is 1. The smallest absolute Gasteiger partial charge is 0.187 e. The number of nitrogens with two attached hydrogens (primary N) is 1. The quantitative estimate of drug-likeness (QED) is 0.834. The Hall–Kier alpha value is -1.59. The third-order valence-corrected chi connectivity index (χ3v) is 5.43. The topological polar surface area (TPSA) is 72.0 Å². The van der Waals surface area contributed by atoms with E-state index in [1.54, 1.807) is 30.2 Å². The fraction of sp³-hybridized carbons (Fsp3) is 0.375. The van der Waals surface area contributed by atoms with E-state index in [0.717, 1.165) is 17.1 Å². The zero-order chi connectivity index (χ0) is 15.0. The molecule has 1 aliphatic carbocycles. The Morgan fingerprint density at radius 2 is 2.00 bits per heavy atom. The van der Waals surface area contributed by atoms with Crippen molar-refractivity contribution in [3.05, 3.63) is 47.8 Å². The van der Waals surface area contributed by atoms with Crippen LogP contribution in [0.5, 0.6) is 5.75 Å². The number of rotatable bonds is 2. The molecule has 2 unspecified atom stereocenters. The van der Waals surface area contributed by atoms with Gasteiger partial charge in [0.2, 0.25) is 0 Å². The third kappa shape index (κ3) is 2.63. The number of nitrogens with zero attached hydrogens (tertiary/aromatic N) is 2. The second-order valence-electron chi connectivity index (χ2n) is 5.98. The Kier molecular flexibility index (Phi) is 3.63. The standard InChI is InChI=1S/C16H19N3OS/c1-16(2)12-9-11(20)5-4-10(12)8-13(14(16)17)21-15-18-6-3-7-19-15/h3-7,9,13-14,20H,8,17H2,1-2H3. The van der Waals surface area contributed by atoms with E-state index in [2.05, 4.69) is 23.8 Å². The summed E-state index contributed by atoms with van der Waals surface area (Å²) < 4.78 is 0. The average molecular weight is 301 g/mol. The van der Waals surface area contributed by atoms with Crippen LogP contribution >= 0.6 is 11.8 Å². The molecule has 0 saturated heterocycles. The Morgan fingerprint density at radius 3 is 2.71 bits per heavy atom. The molecule has 3 rings (SSSR count). The lowest BCUT2D eigenvalue weighted by molar-refractivity contribution is 0.369. The first-order chi connectivity index (χ1) is 9.98. The summed E-state index contributed by atoms with van der Waals surface area (Å²) in [6, 6.07) is 7.37. The van der Waals surface area contributed by atoms with Crippen molar-refractivity contribution in [2.45, 2.75) is 42.1 Å². The number of benzene rings is 1. The lowest BCUT2D eigenvalue weighted by Gasteiger charge is -2.42. The van der Waals surface area contributed by atoms with Gasteiger partial charge in [0.25, 0.3) is 0 Å². The lowest BCUT2D eigenvalue weighted by Crippen LogP contribution is -2.52. The predicted molar refractivity (Wildman–Crippen MR) is 84.5 cm³/mol. The van der Waals surface area contributed by atoms with Crippen LogP contribution in [0.4, 0.5) is 0 Å². The summed E-state index contributed by atoms with van der Waals surface area (Å²) in [4.78, 5) is 8.56. The third-order valence-electron chi connectivity index (χ3n) is 4.24. The van der Waals surface area contributed by atoms with Crippen LogP contribution < -0.4 is 5.73 Å². The molecule has 3 N–H and O–H groups in total. The fourth-order valence-corrected chi connectivity index (χ4v) is 4.19. The van der Waals surface area contributed by atoms with Gasteiger partial charge in [-0.2, -0.15) is 0 Å². The Balaban J connectivity index is 1.94. The molecule has 0 aliphatic heterocycles. The number of phenolic OH excluding ortho intramolecular Hbond substituents is 1. The van der Waals surface area contributed by atoms with Crippen molar-refractivity contribution in [3.63, 3.8) is 0 Å². The average Bonchev–Trinajstić information content (AvgIpc) is 2.47. The van der Waals surface area contributed by atoms with Crippen molar-refractivity contribution in [3.8, 4) is 5.75 Å². The summed E-state index contributed by atoms with van der Waals surface area (Å²) in [6.45, 7) is 4.27. The number of aromatic hydroxyl groups is 1. The normalized spacial score (nSPS) is 23.6. The molecule has 5 heteroatoms. The maximum Gasteiger partial charge on any atom is 0.187 e. The van der Waals surface area contributed by atoms with E-state index in [0.29, 0.717) is 5.75 Å². The Labute approximate surface area is 128 Å². The van der Waals surface area contributed by atoms with Gasteiger partial charge in [-0.3, -0.25) is 0 Å². The van der Waals surface area contributed by atoms with Gasteiger partial charge in [-0.1, -0.05) is 31.7 Å². The Bertz CT molecular complexity index is 645. The maximum absolute atomic E-state index is 9.74. The van der Waals surface area contributed by atoms with Crippen molar-refractivity contribution in [1.82, 2.24) is 9.97 Å². The van der Waals surface area contributed by atoms with E-state index in [-0.39, 0.29) is 16.7 Å². The number of aromatic nitrogens is 2. The molecule has 0 saturated carbocycles. The van der Waals surface area contributed by atoms with E-state index in [4.69, 9.17) is 5.73 Å². The van der Waals surface area contributed by atoms with Crippen LogP contribution in [0, 0.1) is 0 Å². The van der Waals surface area contributed by atoms with Gasteiger partial charge in [0.15, 0.2) is 5.16 Å². The molecule has 1 aliphatic rings. The molecular weight excluding hydrogens is 282 g/mol. The van der Waals surface area contributed by atoms with Crippen LogP contribution in [0.25, 0.3) is 0 Å². The molecular formula is C16H19N3OS. The van der Waals surface area contributed by atoms with Crippen LogP contribution in [0.3, 0.4) is 0 Å². The number of thioether (sulfide) groups is 1. The van der Waals surface area contributed by atoms with Gasteiger partial charge >= 0.3 is 0 Å². The largest absolute Gasteiger partial charge is 0.508 e. The van der Waals surface area contributed by atoms with Gasteiger partial charge in [0.1, 0.15) is 5.75 Å². The lowest BCUT2D eigenvalue weighted by atomic mass is 9.69. The zero-order valence-corrected chi connectivity index (χ0v) is 13.0. The van der Waals surface area contributed by atoms with Crippen LogP contribution in [-0.4, -0.2) is 26.4 Å². The van der Waals surface area contributed by atoms with Gasteiger partial charge in [0, 0.05) is 29.1 Å². The highest BCUT2D eigenvalue weighted by Gasteiger charge is 2.41. The highest BCUT2D eigenvalue weighted by atomic mass is 32.2. The predicted octanol–water partition coefficient (Wildman–Crippen LogP) is 2.50. The molecule has 1 aromatic heterocycles. The SMILES string of the molecule is CC1(C)c2cc(O)ccc2CC(Sc2ncccn2)C1N. The summed E-state index contributed by atoms with van der Waals surface area (Å²) in [6.07, 6.45) is 4.37. The van der Waals surface area contributed by atoms with E-state index in [1.165, 1.54) is 5.56 Å². The molecule has 2 atom stereocenters. The van der Waals surface area contributed by atoms with Crippen LogP contribution in [0.15, 0.2) is 41.8 Å². The van der Waals surface area contributed by atoms with Crippen LogP contribution in [0.1, 0.15) is 25.0 Å². The highest BCUT2D eigenvalue weighted by Crippen LogP contribution is 2.42. The molecule has 0 radical (unpaired) electrons. The first-order valence-electron chi connectivity index (χ1n) is 7.00. The number of phenols is 1. The summed E-state index contributed by atoms with van der Waals surface area (Å²) in [5, 5.41) is 10.7. The van der Waals surface area contributed by atoms with E-state index >= 15 is 0 Å². The number of hydrogen-bond acceptors (Lipinski definition) is 5. The second kappa shape index (κ2) is 5.31. The zero-order valence-electron chi connectivity index (χ0n) is 12.2. The molecule has 110 valence electrons. The minimum absolute atomic E-state index is 0.0272. The molecule has 21 heavy (non-hydrogen) atoms. The van der Waals surface area contributed by atoms with Gasteiger partial charge < -0.3 is 10.8 Å². The summed E-state index contributed by atoms with van der Waals surface area (Å²) >= 11 is 1.63. The van der Waals surface area contributed by atoms with Crippen molar-refractivity contribution < 1.29 is 5.11 Å². The van der Waals surface area contributed by atoms with Gasteiger partial charge in [0.05, 0.1) is 0 Å². The summed E-state index contributed by atoms with van der Waals surface area (Å²) in [7, 11) is 0. The van der Waals surface area contributed by atoms with Crippen LogP contribution in [0.2, 0.25) is 0 Å². The maximum atomic E-state index is 9.74. The first kappa shape index (κ1) is 14.4. The minimum atomic E-state index is -0.196. The van der Waals surface area contributed by atoms with Crippen molar-refractivity contribution in [2.24, 2.45) is 5.73 Å². The highest BCUT2D eigenvalue weighted by molar-refractivity contribution is 7.99. The van der Waals surface area contributed by atoms with Crippen molar-refractivity contribution >= 4 is 11.8 Å². The number of hydrogen-bond donors (Lipinski definition) is 2. The summed E-state index contributed by atoms with van der Waals surface area (Å²) in [5.41, 5.74) is 8.70. The van der Waals surface area contributed by atoms with Crippen molar-refractivity contribution in [2.75, 3.05) is 0 Å². The molecule has 1 aromatic carbocycles. The molecule has 0 amide bonds. The monoisotopic (exact) mass is 301 g/mol. The Morgan fingerprint density at radius 1 is 1.29 bits per heavy atom. The minimum Gasteiger partial charge on any atom is -0.508 e. The van der Waals surface area contributed by atoms with E-state index in [1.807, 2.05) is 18.2 Å². The van der Waals surface area contributed by atoms with Gasteiger partial charge in [-0.15, -0.1) is 0 Å². The summed E-state index contributed by atoms with van der Waals surface area (Å²) in [5.74, 6) is 0.298. The van der Waals surface area contributed by atoms with Crippen molar-refractivity contribution in [1.29, 1.82) is 0 Å². The van der Waals surface area contributed by atoms with E-state index in [9.17, 15) is 5.11 Å². The van der Waals surface area contributed by atoms with Crippen LogP contribution in [-0.2, 0) is 11.8 Å². The first-order valence-corrected chi connectivity index (χ1v) is 7.88. The van der Waals surface area contributed by atoms with E-state index < -0.39 is 0 Å². The second-order valence-corrected chi connectivity index (χ2v) is 7.19. The molecule has 0 bridgehead atoms. The molecule has 2 aromatic rings. The molecule has 1 heterocycles.